The minimum absolute atomic E-state index is 0.0232. The summed E-state index contributed by atoms with van der Waals surface area (Å²) in [5.74, 6) is 0.529. The summed E-state index contributed by atoms with van der Waals surface area (Å²) in [6, 6.07) is 0. The average Bonchev–Trinajstić information content (AvgIpc) is 3.08. The van der Waals surface area contributed by atoms with Crippen LogP contribution in [0.15, 0.2) is 6.33 Å². The van der Waals surface area contributed by atoms with Gasteiger partial charge in [-0.3, -0.25) is 0 Å². The molecule has 124 valence electrons. The van der Waals surface area contributed by atoms with E-state index in [-0.39, 0.29) is 18.4 Å². The SMILES string of the molecule is O=S(=O)(CCn1cnnn1)N1CCOC(C2CCCCC2)C1. The number of rotatable bonds is 5. The summed E-state index contributed by atoms with van der Waals surface area (Å²) in [7, 11) is -3.29. The Morgan fingerprint density at radius 2 is 2.05 bits per heavy atom. The molecule has 1 saturated heterocycles. The number of tetrazole rings is 1. The molecule has 22 heavy (non-hydrogen) atoms. The van der Waals surface area contributed by atoms with Gasteiger partial charge in [-0.05, 0) is 29.2 Å². The van der Waals surface area contributed by atoms with Gasteiger partial charge in [0, 0.05) is 13.1 Å². The third-order valence-electron chi connectivity index (χ3n) is 4.59. The molecular weight excluding hydrogens is 306 g/mol. The summed E-state index contributed by atoms with van der Waals surface area (Å²) in [5.41, 5.74) is 0. The molecule has 1 unspecified atom stereocenters. The van der Waals surface area contributed by atoms with E-state index in [4.69, 9.17) is 4.74 Å². The van der Waals surface area contributed by atoms with Crippen LogP contribution in [0.4, 0.5) is 0 Å². The molecule has 1 aliphatic heterocycles. The number of aromatic nitrogens is 4. The van der Waals surface area contributed by atoms with Gasteiger partial charge in [-0.15, -0.1) is 5.10 Å². The lowest BCUT2D eigenvalue weighted by molar-refractivity contribution is -0.0431. The average molecular weight is 329 g/mol. The van der Waals surface area contributed by atoms with Gasteiger partial charge in [0.15, 0.2) is 0 Å². The highest BCUT2D eigenvalue weighted by Crippen LogP contribution is 2.30. The van der Waals surface area contributed by atoms with Gasteiger partial charge < -0.3 is 4.74 Å². The van der Waals surface area contributed by atoms with E-state index in [0.29, 0.717) is 25.6 Å². The maximum atomic E-state index is 12.5. The van der Waals surface area contributed by atoms with E-state index >= 15 is 0 Å². The van der Waals surface area contributed by atoms with Crippen LogP contribution in [0, 0.1) is 5.92 Å². The van der Waals surface area contributed by atoms with Crippen LogP contribution in [0.1, 0.15) is 32.1 Å². The smallest absolute Gasteiger partial charge is 0.216 e. The second-order valence-electron chi connectivity index (χ2n) is 6.05. The molecule has 8 nitrogen and oxygen atoms in total. The standard InChI is InChI=1S/C13H23N5O3S/c19-22(20,9-7-17-11-14-15-16-17)18-6-8-21-13(10-18)12-4-2-1-3-5-12/h11-13H,1-10H2. The lowest BCUT2D eigenvalue weighted by Crippen LogP contribution is -2.49. The number of sulfonamides is 1. The highest BCUT2D eigenvalue weighted by atomic mass is 32.2. The van der Waals surface area contributed by atoms with Gasteiger partial charge in [0.25, 0.3) is 0 Å². The second-order valence-corrected chi connectivity index (χ2v) is 8.14. The maximum absolute atomic E-state index is 12.5. The fourth-order valence-corrected chi connectivity index (χ4v) is 4.72. The van der Waals surface area contributed by atoms with Crippen molar-refractivity contribution >= 4 is 10.0 Å². The van der Waals surface area contributed by atoms with Crippen molar-refractivity contribution in [2.24, 2.45) is 5.92 Å². The van der Waals surface area contributed by atoms with Gasteiger partial charge in [-0.2, -0.15) is 4.31 Å². The Labute approximate surface area is 130 Å². The van der Waals surface area contributed by atoms with Crippen molar-refractivity contribution in [3.8, 4) is 0 Å². The van der Waals surface area contributed by atoms with E-state index in [1.165, 1.54) is 30.3 Å². The van der Waals surface area contributed by atoms with Crippen LogP contribution >= 0.6 is 0 Å². The summed E-state index contributed by atoms with van der Waals surface area (Å²) in [6.45, 7) is 1.70. The van der Waals surface area contributed by atoms with Gasteiger partial charge in [0.05, 0.1) is 25.0 Å². The summed E-state index contributed by atoms with van der Waals surface area (Å²) < 4.78 is 33.9. The van der Waals surface area contributed by atoms with E-state index in [1.54, 1.807) is 4.31 Å². The van der Waals surface area contributed by atoms with E-state index in [0.717, 1.165) is 12.8 Å². The molecule has 0 aromatic carbocycles. The molecule has 1 saturated carbocycles. The molecule has 2 heterocycles. The quantitative estimate of drug-likeness (QED) is 0.771. The Balaban J connectivity index is 1.57. The first kappa shape index (κ1) is 15.8. The van der Waals surface area contributed by atoms with E-state index < -0.39 is 10.0 Å². The predicted octanol–water partition coefficient (Wildman–Crippen LogP) is 0.284. The molecular formula is C13H23N5O3S. The predicted molar refractivity (Wildman–Crippen MR) is 79.5 cm³/mol. The van der Waals surface area contributed by atoms with Crippen LogP contribution in [0.3, 0.4) is 0 Å². The lowest BCUT2D eigenvalue weighted by atomic mass is 9.85. The van der Waals surface area contributed by atoms with Crippen molar-refractivity contribution in [1.82, 2.24) is 24.5 Å². The summed E-state index contributed by atoms with van der Waals surface area (Å²) in [5, 5.41) is 10.7. The highest BCUT2D eigenvalue weighted by Gasteiger charge is 2.34. The van der Waals surface area contributed by atoms with Gasteiger partial charge >= 0.3 is 0 Å². The number of hydrogen-bond acceptors (Lipinski definition) is 6. The van der Waals surface area contributed by atoms with Crippen LogP contribution in [0.25, 0.3) is 0 Å². The van der Waals surface area contributed by atoms with Crippen molar-refractivity contribution in [2.75, 3.05) is 25.4 Å². The number of hydrogen-bond donors (Lipinski definition) is 0. The first-order chi connectivity index (χ1) is 10.6. The Bertz CT molecular complexity index is 556. The van der Waals surface area contributed by atoms with E-state index in [2.05, 4.69) is 15.5 Å². The molecule has 0 radical (unpaired) electrons. The molecule has 0 bridgehead atoms. The number of aryl methyl sites for hydroxylation is 1. The van der Waals surface area contributed by atoms with Crippen LogP contribution in [-0.4, -0.2) is 64.5 Å². The molecule has 1 atom stereocenters. The van der Waals surface area contributed by atoms with Crippen molar-refractivity contribution in [3.05, 3.63) is 6.33 Å². The molecule has 0 spiro atoms. The van der Waals surface area contributed by atoms with Crippen LogP contribution < -0.4 is 0 Å². The zero-order valence-corrected chi connectivity index (χ0v) is 13.5. The first-order valence-electron chi connectivity index (χ1n) is 7.95. The Kier molecular flexibility index (Phi) is 5.04. The minimum Gasteiger partial charge on any atom is -0.375 e. The molecule has 9 heteroatoms. The largest absolute Gasteiger partial charge is 0.375 e. The number of ether oxygens (including phenoxy) is 1. The molecule has 0 amide bonds. The number of nitrogens with zero attached hydrogens (tertiary/aromatic N) is 5. The fourth-order valence-electron chi connectivity index (χ4n) is 3.32. The van der Waals surface area contributed by atoms with Gasteiger partial charge in [0.2, 0.25) is 10.0 Å². The summed E-state index contributed by atoms with van der Waals surface area (Å²) in [6.07, 6.45) is 7.55. The first-order valence-corrected chi connectivity index (χ1v) is 9.56. The van der Waals surface area contributed by atoms with Crippen molar-refractivity contribution < 1.29 is 13.2 Å². The second kappa shape index (κ2) is 7.01. The molecule has 3 rings (SSSR count). The van der Waals surface area contributed by atoms with Crippen LogP contribution in [0.5, 0.6) is 0 Å². The zero-order valence-electron chi connectivity index (χ0n) is 12.7. The molecule has 1 aliphatic carbocycles. The lowest BCUT2D eigenvalue weighted by Gasteiger charge is -2.37. The Morgan fingerprint density at radius 3 is 2.77 bits per heavy atom. The highest BCUT2D eigenvalue weighted by molar-refractivity contribution is 7.89. The van der Waals surface area contributed by atoms with Gasteiger partial charge in [-0.25, -0.2) is 13.1 Å². The summed E-state index contributed by atoms with van der Waals surface area (Å²) in [4.78, 5) is 0. The zero-order chi connectivity index (χ0) is 15.4. The Morgan fingerprint density at radius 1 is 1.23 bits per heavy atom. The summed E-state index contributed by atoms with van der Waals surface area (Å²) >= 11 is 0. The van der Waals surface area contributed by atoms with E-state index in [9.17, 15) is 8.42 Å². The molecule has 2 aliphatic rings. The molecule has 1 aromatic rings. The third kappa shape index (κ3) is 3.82. The van der Waals surface area contributed by atoms with Crippen molar-refractivity contribution in [3.63, 3.8) is 0 Å². The Hall–Kier alpha value is -1.06. The number of morpholine rings is 1. The van der Waals surface area contributed by atoms with Crippen molar-refractivity contribution in [2.45, 2.75) is 44.8 Å². The molecule has 0 N–H and O–H groups in total. The van der Waals surface area contributed by atoms with Gasteiger partial charge in [-0.1, -0.05) is 19.3 Å². The monoisotopic (exact) mass is 329 g/mol. The molecule has 1 aromatic heterocycles. The van der Waals surface area contributed by atoms with E-state index in [1.807, 2.05) is 0 Å². The third-order valence-corrected chi connectivity index (χ3v) is 6.41. The normalized spacial score (nSPS) is 25.4. The van der Waals surface area contributed by atoms with Gasteiger partial charge in [0.1, 0.15) is 6.33 Å². The van der Waals surface area contributed by atoms with Crippen molar-refractivity contribution in [1.29, 1.82) is 0 Å². The minimum atomic E-state index is -3.29. The topological polar surface area (TPSA) is 90.2 Å². The maximum Gasteiger partial charge on any atom is 0.216 e. The molecule has 2 fully saturated rings. The fraction of sp³-hybridized carbons (Fsp3) is 0.923. The van der Waals surface area contributed by atoms with Crippen LogP contribution in [0.2, 0.25) is 0 Å². The van der Waals surface area contributed by atoms with Crippen LogP contribution in [-0.2, 0) is 21.3 Å².